The predicted octanol–water partition coefficient (Wildman–Crippen LogP) is 1.81. The molecule has 4 heteroatoms. The summed E-state index contributed by atoms with van der Waals surface area (Å²) in [4.78, 5) is 22.8. The Kier molecular flexibility index (Phi) is 5.22. The Labute approximate surface area is 105 Å². The molecule has 0 unspecified atom stereocenters. The van der Waals surface area contributed by atoms with Crippen LogP contribution in [-0.2, 0) is 26.2 Å². The number of rotatable bonds is 5. The van der Waals surface area contributed by atoms with Crippen LogP contribution in [0.3, 0.4) is 0 Å². The first-order valence-corrected chi connectivity index (χ1v) is 7.60. The van der Waals surface area contributed by atoms with E-state index in [9.17, 15) is 9.59 Å². The number of esters is 1. The fourth-order valence-corrected chi connectivity index (χ4v) is 2.26. The Hall–Kier alpha value is -1.29. The van der Waals surface area contributed by atoms with Gasteiger partial charge in [0.2, 0.25) is 0 Å². The van der Waals surface area contributed by atoms with Crippen LogP contribution in [0.1, 0.15) is 22.8 Å². The van der Waals surface area contributed by atoms with Crippen molar-refractivity contribution in [3.8, 4) is 0 Å². The lowest BCUT2D eigenvalue weighted by atomic mass is 10.1. The molecule has 0 fully saturated rings. The van der Waals surface area contributed by atoms with Crippen LogP contribution >= 0.6 is 0 Å². The van der Waals surface area contributed by atoms with Crippen molar-refractivity contribution in [2.45, 2.75) is 12.7 Å². The van der Waals surface area contributed by atoms with E-state index in [1.165, 1.54) is 5.56 Å². The van der Waals surface area contributed by atoms with Gasteiger partial charge >= 0.3 is 5.97 Å². The quantitative estimate of drug-likeness (QED) is 0.348. The van der Waals surface area contributed by atoms with Crippen LogP contribution in [0.4, 0.5) is 0 Å². The van der Waals surface area contributed by atoms with Crippen molar-refractivity contribution in [3.63, 3.8) is 0 Å². The smallest absolute Gasteiger partial charge is 0.379 e. The summed E-state index contributed by atoms with van der Waals surface area (Å²) < 4.78 is 4.67. The van der Waals surface area contributed by atoms with Gasteiger partial charge in [0, 0.05) is 11.1 Å². The van der Waals surface area contributed by atoms with Gasteiger partial charge in [-0.2, -0.15) is 0 Å². The van der Waals surface area contributed by atoms with Crippen LogP contribution < -0.4 is 0 Å². The standard InChI is InChI=1S/C13H17O3S/c1-4-16-13(15)12(14)11-7-5-10(6-8-11)9-17(2)3/h5-8H,4,9H2,1-3H3/q+1. The van der Waals surface area contributed by atoms with Gasteiger partial charge in [0.15, 0.2) is 0 Å². The number of carbonyl (C=O) groups is 2. The maximum absolute atomic E-state index is 11.6. The molecule has 0 N–H and O–H groups in total. The number of ketones is 1. The summed E-state index contributed by atoms with van der Waals surface area (Å²) in [5, 5.41) is 0. The van der Waals surface area contributed by atoms with Crippen molar-refractivity contribution in [1.29, 1.82) is 0 Å². The van der Waals surface area contributed by atoms with Gasteiger partial charge in [-0.05, 0) is 17.8 Å². The van der Waals surface area contributed by atoms with E-state index in [1.54, 1.807) is 19.1 Å². The molecule has 0 aliphatic heterocycles. The van der Waals surface area contributed by atoms with E-state index in [4.69, 9.17) is 0 Å². The van der Waals surface area contributed by atoms with Crippen molar-refractivity contribution in [2.75, 3.05) is 19.1 Å². The van der Waals surface area contributed by atoms with Gasteiger partial charge in [-0.1, -0.05) is 24.3 Å². The molecule has 0 spiro atoms. The molecule has 92 valence electrons. The third-order valence-electron chi connectivity index (χ3n) is 2.13. The molecule has 0 saturated heterocycles. The minimum atomic E-state index is -0.786. The summed E-state index contributed by atoms with van der Waals surface area (Å²) in [6, 6.07) is 7.14. The zero-order valence-electron chi connectivity index (χ0n) is 10.4. The highest BCUT2D eigenvalue weighted by atomic mass is 32.2. The summed E-state index contributed by atoms with van der Waals surface area (Å²) in [6.45, 7) is 1.90. The third kappa shape index (κ3) is 4.23. The molecule has 17 heavy (non-hydrogen) atoms. The van der Waals surface area contributed by atoms with Gasteiger partial charge in [-0.3, -0.25) is 4.79 Å². The summed E-state index contributed by atoms with van der Waals surface area (Å²) in [7, 11) is 0.328. The fourth-order valence-electron chi connectivity index (χ4n) is 1.40. The molecule has 0 heterocycles. The number of hydrogen-bond acceptors (Lipinski definition) is 3. The van der Waals surface area contributed by atoms with E-state index < -0.39 is 11.8 Å². The molecule has 0 aliphatic rings. The lowest BCUT2D eigenvalue weighted by Gasteiger charge is -2.02. The van der Waals surface area contributed by atoms with Gasteiger partial charge in [0.05, 0.1) is 19.1 Å². The zero-order valence-corrected chi connectivity index (χ0v) is 11.2. The van der Waals surface area contributed by atoms with Crippen LogP contribution in [0.15, 0.2) is 24.3 Å². The molecule has 0 radical (unpaired) electrons. The van der Waals surface area contributed by atoms with Gasteiger partial charge in [0.1, 0.15) is 5.75 Å². The van der Waals surface area contributed by atoms with E-state index in [1.807, 2.05) is 12.1 Å². The molecule has 0 bridgehead atoms. The maximum atomic E-state index is 11.6. The molecule has 0 aromatic heterocycles. The normalized spacial score (nSPS) is 10.4. The van der Waals surface area contributed by atoms with E-state index >= 15 is 0 Å². The first-order chi connectivity index (χ1) is 8.04. The topological polar surface area (TPSA) is 43.4 Å². The molecule has 0 aliphatic carbocycles. The van der Waals surface area contributed by atoms with Crippen molar-refractivity contribution < 1.29 is 14.3 Å². The molecule has 0 saturated carbocycles. The van der Waals surface area contributed by atoms with E-state index in [2.05, 4.69) is 17.2 Å². The van der Waals surface area contributed by atoms with Gasteiger partial charge in [-0.15, -0.1) is 0 Å². The van der Waals surface area contributed by atoms with Crippen molar-refractivity contribution in [3.05, 3.63) is 35.4 Å². The van der Waals surface area contributed by atoms with Crippen LogP contribution in [0.25, 0.3) is 0 Å². The summed E-state index contributed by atoms with van der Waals surface area (Å²) in [5.41, 5.74) is 1.57. The lowest BCUT2D eigenvalue weighted by molar-refractivity contribution is -0.137. The highest BCUT2D eigenvalue weighted by Crippen LogP contribution is 2.09. The minimum Gasteiger partial charge on any atom is -0.460 e. The second kappa shape index (κ2) is 6.45. The van der Waals surface area contributed by atoms with E-state index in [0.717, 1.165) is 5.75 Å². The fraction of sp³-hybridized carbons (Fsp3) is 0.385. The van der Waals surface area contributed by atoms with Crippen molar-refractivity contribution >= 4 is 22.6 Å². The molecule has 1 aromatic rings. The summed E-state index contributed by atoms with van der Waals surface area (Å²) in [5.74, 6) is -0.371. The van der Waals surface area contributed by atoms with Crippen molar-refractivity contribution in [1.82, 2.24) is 0 Å². The minimum absolute atomic E-state index is 0.219. The Morgan fingerprint density at radius 2 is 1.76 bits per heavy atom. The largest absolute Gasteiger partial charge is 0.460 e. The third-order valence-corrected chi connectivity index (χ3v) is 3.04. The number of hydrogen-bond donors (Lipinski definition) is 0. The number of Topliss-reactive ketones (excluding diaryl/α,β-unsaturated/α-hetero) is 1. The van der Waals surface area contributed by atoms with Crippen LogP contribution in [0.5, 0.6) is 0 Å². The molecule has 0 atom stereocenters. The van der Waals surface area contributed by atoms with E-state index in [0.29, 0.717) is 16.5 Å². The Bertz CT molecular complexity index is 396. The lowest BCUT2D eigenvalue weighted by Crippen LogP contribution is -2.17. The van der Waals surface area contributed by atoms with Gasteiger partial charge in [-0.25, -0.2) is 4.79 Å². The maximum Gasteiger partial charge on any atom is 0.379 e. The Balaban J connectivity index is 2.73. The molecule has 1 aromatic carbocycles. The Morgan fingerprint density at radius 1 is 1.18 bits per heavy atom. The van der Waals surface area contributed by atoms with Gasteiger partial charge < -0.3 is 4.74 Å². The van der Waals surface area contributed by atoms with Gasteiger partial charge in [0.25, 0.3) is 5.78 Å². The molecule has 1 rings (SSSR count). The average Bonchev–Trinajstić information content (AvgIpc) is 2.28. The second-order valence-electron chi connectivity index (χ2n) is 3.88. The highest BCUT2D eigenvalue weighted by Gasteiger charge is 2.17. The molecule has 3 nitrogen and oxygen atoms in total. The first kappa shape index (κ1) is 13.8. The number of carbonyl (C=O) groups excluding carboxylic acids is 2. The second-order valence-corrected chi connectivity index (χ2v) is 6.14. The number of ether oxygens (including phenoxy) is 1. The van der Waals surface area contributed by atoms with Crippen LogP contribution in [-0.4, -0.2) is 30.9 Å². The first-order valence-electron chi connectivity index (χ1n) is 5.39. The van der Waals surface area contributed by atoms with Crippen molar-refractivity contribution in [2.24, 2.45) is 0 Å². The molecular formula is C13H17O3S+. The zero-order chi connectivity index (χ0) is 12.8. The predicted molar refractivity (Wildman–Crippen MR) is 70.3 cm³/mol. The Morgan fingerprint density at radius 3 is 2.24 bits per heavy atom. The molecule has 0 amide bonds. The summed E-state index contributed by atoms with van der Waals surface area (Å²) in [6.07, 6.45) is 4.33. The van der Waals surface area contributed by atoms with Crippen LogP contribution in [0.2, 0.25) is 0 Å². The van der Waals surface area contributed by atoms with Crippen LogP contribution in [0, 0.1) is 0 Å². The SMILES string of the molecule is CCOC(=O)C(=O)c1ccc(C[S+](C)C)cc1. The summed E-state index contributed by atoms with van der Waals surface area (Å²) >= 11 is 0. The monoisotopic (exact) mass is 253 g/mol. The number of benzene rings is 1. The van der Waals surface area contributed by atoms with E-state index in [-0.39, 0.29) is 6.61 Å². The highest BCUT2D eigenvalue weighted by molar-refractivity contribution is 7.94. The average molecular weight is 253 g/mol. The molecular weight excluding hydrogens is 236 g/mol.